The summed E-state index contributed by atoms with van der Waals surface area (Å²) in [5.41, 5.74) is 6.37. The molecule has 1 aliphatic heterocycles. The monoisotopic (exact) mass is 550 g/mol. The summed E-state index contributed by atoms with van der Waals surface area (Å²) in [6, 6.07) is 5.89. The van der Waals surface area contributed by atoms with E-state index < -0.39 is 20.5 Å². The van der Waals surface area contributed by atoms with Crippen LogP contribution < -0.4 is 15.8 Å². The maximum Gasteiger partial charge on any atom is 0.286 e. The Morgan fingerprint density at radius 3 is 2.32 bits per heavy atom. The lowest BCUT2D eigenvalue weighted by atomic mass is 9.98. The van der Waals surface area contributed by atoms with Crippen molar-refractivity contribution in [3.63, 3.8) is 0 Å². The zero-order valence-corrected chi connectivity index (χ0v) is 23.9. The van der Waals surface area contributed by atoms with Crippen LogP contribution in [-0.4, -0.2) is 58.5 Å². The molecule has 1 saturated heterocycles. The molecular weight excluding hydrogens is 508 g/mol. The molecule has 38 heavy (non-hydrogen) atoms. The standard InChI is InChI=1S/C26H36N2O7S.C2H6/c1-4-6-8-20(5-2)19-23(33-3)24(29)28-15-7-16-35-21-9-11-22(12-10-21)36(31,32)26(25(27)30)13-17-34-18-14-26;1-2/h5-6,8-12,19H,4,7,13-18H2,1-3H3,(H2,27,30)(H,28,29);1-2H3/b8-6-,20-5+,23-19-;. The number of primary amides is 1. The minimum Gasteiger partial charge on any atom is -0.494 e. The summed E-state index contributed by atoms with van der Waals surface area (Å²) >= 11 is 0. The van der Waals surface area contributed by atoms with Gasteiger partial charge in [-0.1, -0.05) is 39.0 Å². The number of hydrogen-bond donors (Lipinski definition) is 2. The number of rotatable bonds is 13. The van der Waals surface area contributed by atoms with Crippen molar-refractivity contribution < 1.29 is 32.2 Å². The van der Waals surface area contributed by atoms with Crippen molar-refractivity contribution in [2.45, 2.75) is 63.0 Å². The average molecular weight is 551 g/mol. The van der Waals surface area contributed by atoms with Gasteiger partial charge in [-0.2, -0.15) is 0 Å². The van der Waals surface area contributed by atoms with E-state index in [9.17, 15) is 18.0 Å². The predicted octanol–water partition coefficient (Wildman–Crippen LogP) is 3.85. The first kappa shape index (κ1) is 32.9. The van der Waals surface area contributed by atoms with Gasteiger partial charge in [0.15, 0.2) is 20.3 Å². The molecule has 212 valence electrons. The van der Waals surface area contributed by atoms with E-state index in [0.29, 0.717) is 25.3 Å². The maximum absolute atomic E-state index is 13.2. The number of nitrogens with two attached hydrogens (primary N) is 1. The fourth-order valence-electron chi connectivity index (χ4n) is 3.69. The molecule has 2 rings (SSSR count). The first-order chi connectivity index (χ1) is 18.2. The van der Waals surface area contributed by atoms with Gasteiger partial charge in [0.05, 0.1) is 18.6 Å². The van der Waals surface area contributed by atoms with Crippen molar-refractivity contribution in [1.82, 2.24) is 5.32 Å². The number of nitrogens with one attached hydrogen (secondary N) is 1. The number of carbonyl (C=O) groups excluding carboxylic acids is 2. The number of benzene rings is 1. The molecule has 0 aliphatic carbocycles. The van der Waals surface area contributed by atoms with Gasteiger partial charge in [-0.05, 0) is 68.5 Å². The van der Waals surface area contributed by atoms with Gasteiger partial charge in [-0.15, -0.1) is 0 Å². The molecule has 2 amide bonds. The Balaban J connectivity index is 0.00000352. The lowest BCUT2D eigenvalue weighted by Crippen LogP contribution is -2.53. The molecule has 9 nitrogen and oxygen atoms in total. The highest BCUT2D eigenvalue weighted by Crippen LogP contribution is 2.35. The fraction of sp³-hybridized carbons (Fsp3) is 0.500. The fourth-order valence-corrected chi connectivity index (χ4v) is 5.61. The molecular formula is C28H42N2O7S. The van der Waals surface area contributed by atoms with Crippen LogP contribution in [0.3, 0.4) is 0 Å². The molecule has 1 heterocycles. The molecule has 0 spiro atoms. The van der Waals surface area contributed by atoms with Crippen molar-refractivity contribution in [1.29, 1.82) is 0 Å². The van der Waals surface area contributed by atoms with Gasteiger partial charge in [0.2, 0.25) is 5.91 Å². The van der Waals surface area contributed by atoms with Gasteiger partial charge in [-0.25, -0.2) is 8.42 Å². The zero-order valence-electron chi connectivity index (χ0n) is 23.1. The Morgan fingerprint density at radius 2 is 1.79 bits per heavy atom. The molecule has 0 saturated carbocycles. The summed E-state index contributed by atoms with van der Waals surface area (Å²) in [4.78, 5) is 24.5. The molecule has 0 radical (unpaired) electrons. The highest BCUT2D eigenvalue weighted by atomic mass is 32.2. The van der Waals surface area contributed by atoms with Crippen molar-refractivity contribution in [3.05, 3.63) is 59.9 Å². The summed E-state index contributed by atoms with van der Waals surface area (Å²) in [6.45, 7) is 8.91. The average Bonchev–Trinajstić information content (AvgIpc) is 2.94. The van der Waals surface area contributed by atoms with Gasteiger partial charge in [-0.3, -0.25) is 9.59 Å². The molecule has 1 fully saturated rings. The number of amides is 2. The normalized spacial score (nSPS) is 15.8. The van der Waals surface area contributed by atoms with Crippen LogP contribution >= 0.6 is 0 Å². The molecule has 1 aromatic carbocycles. The zero-order chi connectivity index (χ0) is 28.6. The van der Waals surface area contributed by atoms with Crippen molar-refractivity contribution in [2.75, 3.05) is 33.5 Å². The minimum absolute atomic E-state index is 0.0102. The van der Waals surface area contributed by atoms with Crippen LogP contribution in [0.2, 0.25) is 0 Å². The van der Waals surface area contributed by atoms with E-state index in [4.69, 9.17) is 19.9 Å². The van der Waals surface area contributed by atoms with Crippen molar-refractivity contribution in [2.24, 2.45) is 5.73 Å². The Kier molecular flexibility index (Phi) is 14.4. The molecule has 0 aromatic heterocycles. The van der Waals surface area contributed by atoms with Crippen LogP contribution in [0.15, 0.2) is 64.8 Å². The number of ether oxygens (including phenoxy) is 3. The summed E-state index contributed by atoms with van der Waals surface area (Å²) < 4.78 is 40.8. The van der Waals surface area contributed by atoms with E-state index in [1.54, 1.807) is 6.08 Å². The lowest BCUT2D eigenvalue weighted by molar-refractivity contribution is -0.123. The Hall–Kier alpha value is -3.11. The highest BCUT2D eigenvalue weighted by Gasteiger charge is 2.51. The van der Waals surface area contributed by atoms with Crippen LogP contribution in [0.1, 0.15) is 53.4 Å². The van der Waals surface area contributed by atoms with Crippen molar-refractivity contribution in [3.8, 4) is 5.75 Å². The van der Waals surface area contributed by atoms with Gasteiger partial charge in [0.1, 0.15) is 5.75 Å². The second-order valence-electron chi connectivity index (χ2n) is 8.22. The minimum atomic E-state index is -3.99. The molecule has 0 unspecified atom stereocenters. The number of allylic oxidation sites excluding steroid dienone is 5. The largest absolute Gasteiger partial charge is 0.494 e. The van der Waals surface area contributed by atoms with Crippen LogP contribution in [0.4, 0.5) is 0 Å². The molecule has 3 N–H and O–H groups in total. The smallest absolute Gasteiger partial charge is 0.286 e. The quantitative estimate of drug-likeness (QED) is 0.165. The Labute approximate surface area is 227 Å². The highest BCUT2D eigenvalue weighted by molar-refractivity contribution is 7.93. The van der Waals surface area contributed by atoms with Gasteiger partial charge >= 0.3 is 0 Å². The second-order valence-corrected chi connectivity index (χ2v) is 10.5. The SMILES string of the molecule is C/C=C(\C=C/CC)/C=C(\OC)C(=O)NCCCOc1ccc(S(=O)(=O)C2(C(N)=O)CCOCC2)cc1.CC. The van der Waals surface area contributed by atoms with Gasteiger partial charge < -0.3 is 25.3 Å². The molecule has 10 heteroatoms. The van der Waals surface area contributed by atoms with Gasteiger partial charge in [0.25, 0.3) is 5.91 Å². The molecule has 0 bridgehead atoms. The second kappa shape index (κ2) is 16.7. The number of sulfone groups is 1. The van der Waals surface area contributed by atoms with Crippen LogP contribution in [0.5, 0.6) is 5.75 Å². The number of carbonyl (C=O) groups is 2. The van der Waals surface area contributed by atoms with E-state index >= 15 is 0 Å². The van der Waals surface area contributed by atoms with E-state index in [2.05, 4.69) is 5.32 Å². The topological polar surface area (TPSA) is 134 Å². The summed E-state index contributed by atoms with van der Waals surface area (Å²) in [7, 11) is -2.54. The Bertz CT molecular complexity index is 1080. The van der Waals surface area contributed by atoms with Gasteiger partial charge in [0, 0.05) is 19.8 Å². The number of methoxy groups -OCH3 is 1. The third kappa shape index (κ3) is 8.73. The van der Waals surface area contributed by atoms with Crippen LogP contribution in [0, 0.1) is 0 Å². The first-order valence-corrected chi connectivity index (χ1v) is 14.4. The lowest BCUT2D eigenvalue weighted by Gasteiger charge is -2.33. The van der Waals surface area contributed by atoms with Crippen LogP contribution in [0.25, 0.3) is 0 Å². The third-order valence-corrected chi connectivity index (χ3v) is 8.43. The van der Waals surface area contributed by atoms with E-state index in [1.165, 1.54) is 31.4 Å². The summed E-state index contributed by atoms with van der Waals surface area (Å²) in [5.74, 6) is -0.509. The third-order valence-electron chi connectivity index (χ3n) is 5.89. The van der Waals surface area contributed by atoms with Crippen molar-refractivity contribution >= 4 is 21.7 Å². The number of hydrogen-bond acceptors (Lipinski definition) is 7. The van der Waals surface area contributed by atoms with Crippen LogP contribution in [-0.2, 0) is 28.9 Å². The van der Waals surface area contributed by atoms with E-state index in [-0.39, 0.29) is 42.6 Å². The molecule has 0 atom stereocenters. The maximum atomic E-state index is 13.2. The predicted molar refractivity (Wildman–Crippen MR) is 148 cm³/mol. The van der Waals surface area contributed by atoms with E-state index in [1.807, 2.05) is 45.9 Å². The molecule has 1 aromatic rings. The first-order valence-electron chi connectivity index (χ1n) is 12.9. The summed E-state index contributed by atoms with van der Waals surface area (Å²) in [6.07, 6.45) is 8.96. The van der Waals surface area contributed by atoms with E-state index in [0.717, 1.165) is 12.0 Å². The Morgan fingerprint density at radius 1 is 1.16 bits per heavy atom. The summed E-state index contributed by atoms with van der Waals surface area (Å²) in [5, 5.41) is 2.79. The molecule has 1 aliphatic rings.